The number of ether oxygens (including phenoxy) is 2. The van der Waals surface area contributed by atoms with E-state index in [0.717, 1.165) is 63.3 Å². The van der Waals surface area contributed by atoms with Gasteiger partial charge >= 0.3 is 0 Å². The average molecular weight is 599 g/mol. The summed E-state index contributed by atoms with van der Waals surface area (Å²) < 4.78 is 11.6. The van der Waals surface area contributed by atoms with Gasteiger partial charge in [-0.15, -0.1) is 24.8 Å². The fraction of sp³-hybridized carbons (Fsp3) is 0.655. The molecular formula is C29H45Cl2N5O4. The van der Waals surface area contributed by atoms with Crippen LogP contribution >= 0.6 is 24.8 Å². The number of piperazine rings is 1. The van der Waals surface area contributed by atoms with Gasteiger partial charge in [0.25, 0.3) is 0 Å². The molecule has 40 heavy (non-hydrogen) atoms. The highest BCUT2D eigenvalue weighted by atomic mass is 35.5. The second kappa shape index (κ2) is 15.8. The zero-order valence-electron chi connectivity index (χ0n) is 23.5. The molecule has 1 aromatic carbocycles. The van der Waals surface area contributed by atoms with Gasteiger partial charge in [0.2, 0.25) is 11.8 Å². The molecule has 4 heterocycles. The molecule has 9 nitrogen and oxygen atoms in total. The van der Waals surface area contributed by atoms with Crippen molar-refractivity contribution < 1.29 is 19.1 Å². The van der Waals surface area contributed by atoms with Crippen LogP contribution in [0.25, 0.3) is 0 Å². The molecule has 4 aliphatic rings. The normalized spacial score (nSPS) is 25.4. The first-order chi connectivity index (χ1) is 18.6. The molecule has 2 amide bonds. The lowest BCUT2D eigenvalue weighted by Crippen LogP contribution is -2.47. The number of hydrogen-bond donors (Lipinski definition) is 2. The van der Waals surface area contributed by atoms with Gasteiger partial charge in [-0.1, -0.05) is 12.2 Å². The minimum atomic E-state index is 0. The SMILES string of the molecule is COC[C@H]1CCCN1C(=O)C[C@@H]1CCN2C[C@@H]1C=CCOc1ccc(N3CCNCC3)cc1CNCC2=O.Cl.Cl. The predicted molar refractivity (Wildman–Crippen MR) is 162 cm³/mol. The van der Waals surface area contributed by atoms with Gasteiger partial charge < -0.3 is 34.8 Å². The summed E-state index contributed by atoms with van der Waals surface area (Å²) in [5.41, 5.74) is 2.26. The Hall–Kier alpha value is -2.04. The number of carbonyl (C=O) groups excluding carboxylic acids is 2. The number of hydrogen-bond acceptors (Lipinski definition) is 7. The summed E-state index contributed by atoms with van der Waals surface area (Å²) in [6.45, 7) is 8.05. The minimum Gasteiger partial charge on any atom is -0.489 e. The molecule has 0 radical (unpaired) electrons. The Bertz CT molecular complexity index is 1010. The lowest BCUT2D eigenvalue weighted by atomic mass is 9.82. The molecule has 0 aliphatic carbocycles. The highest BCUT2D eigenvalue weighted by molar-refractivity contribution is 5.85. The van der Waals surface area contributed by atoms with Crippen molar-refractivity contribution >= 4 is 42.3 Å². The Morgan fingerprint density at radius 2 is 1.88 bits per heavy atom. The van der Waals surface area contributed by atoms with Gasteiger partial charge in [-0.05, 0) is 49.3 Å². The molecule has 3 atom stereocenters. The van der Waals surface area contributed by atoms with Gasteiger partial charge in [-0.3, -0.25) is 9.59 Å². The lowest BCUT2D eigenvalue weighted by Gasteiger charge is -2.38. The Morgan fingerprint density at radius 3 is 2.67 bits per heavy atom. The summed E-state index contributed by atoms with van der Waals surface area (Å²) in [7, 11) is 1.70. The number of benzene rings is 1. The average Bonchev–Trinajstić information content (AvgIpc) is 3.41. The van der Waals surface area contributed by atoms with Crippen molar-refractivity contribution in [2.24, 2.45) is 11.8 Å². The number of nitrogens with zero attached hydrogens (tertiary/aromatic N) is 3. The fourth-order valence-corrected chi connectivity index (χ4v) is 6.35. The number of amides is 2. The molecule has 0 aromatic heterocycles. The Balaban J connectivity index is 0.00000220. The summed E-state index contributed by atoms with van der Waals surface area (Å²) in [6, 6.07) is 6.57. The second-order valence-electron chi connectivity index (χ2n) is 11.0. The third-order valence-electron chi connectivity index (χ3n) is 8.49. The van der Waals surface area contributed by atoms with Crippen LogP contribution in [0, 0.1) is 11.8 Å². The summed E-state index contributed by atoms with van der Waals surface area (Å²) in [6.07, 6.45) is 7.66. The van der Waals surface area contributed by atoms with Crippen LogP contribution in [0.4, 0.5) is 5.69 Å². The molecule has 224 valence electrons. The first kappa shape index (κ1) is 32.5. The predicted octanol–water partition coefficient (Wildman–Crippen LogP) is 2.47. The van der Waals surface area contributed by atoms with Crippen molar-refractivity contribution in [1.82, 2.24) is 20.4 Å². The molecule has 11 heteroatoms. The van der Waals surface area contributed by atoms with Crippen LogP contribution in [0.2, 0.25) is 0 Å². The number of halogens is 2. The van der Waals surface area contributed by atoms with E-state index in [1.807, 2.05) is 9.80 Å². The Morgan fingerprint density at radius 1 is 1.05 bits per heavy atom. The molecule has 0 unspecified atom stereocenters. The van der Waals surface area contributed by atoms with Crippen molar-refractivity contribution in [3.8, 4) is 5.75 Å². The van der Waals surface area contributed by atoms with E-state index in [1.165, 1.54) is 5.69 Å². The number of rotatable bonds is 5. The quantitative estimate of drug-likeness (QED) is 0.504. The number of piperidine rings is 1. The van der Waals surface area contributed by atoms with E-state index in [2.05, 4.69) is 45.9 Å². The van der Waals surface area contributed by atoms with Gasteiger partial charge in [0.15, 0.2) is 0 Å². The first-order valence-corrected chi connectivity index (χ1v) is 14.3. The Labute approximate surface area is 250 Å². The number of anilines is 1. The van der Waals surface area contributed by atoms with Gasteiger partial charge in [0, 0.05) is 77.1 Å². The van der Waals surface area contributed by atoms with E-state index in [9.17, 15) is 9.59 Å². The molecule has 3 saturated heterocycles. The minimum absolute atomic E-state index is 0. The zero-order chi connectivity index (χ0) is 26.3. The number of fused-ring (bicyclic) bond motifs is 3. The van der Waals surface area contributed by atoms with Crippen LogP contribution < -0.4 is 20.3 Å². The maximum absolute atomic E-state index is 13.3. The number of methoxy groups -OCH3 is 1. The molecule has 5 rings (SSSR count). The van der Waals surface area contributed by atoms with Gasteiger partial charge in [-0.25, -0.2) is 0 Å². The molecule has 0 spiro atoms. The molecule has 4 aliphatic heterocycles. The van der Waals surface area contributed by atoms with E-state index >= 15 is 0 Å². The first-order valence-electron chi connectivity index (χ1n) is 14.3. The smallest absolute Gasteiger partial charge is 0.236 e. The van der Waals surface area contributed by atoms with Crippen LogP contribution in [-0.2, 0) is 20.9 Å². The molecular weight excluding hydrogens is 553 g/mol. The van der Waals surface area contributed by atoms with Crippen LogP contribution in [0.15, 0.2) is 30.4 Å². The highest BCUT2D eigenvalue weighted by Crippen LogP contribution is 2.31. The van der Waals surface area contributed by atoms with E-state index in [0.29, 0.717) is 45.8 Å². The fourth-order valence-electron chi connectivity index (χ4n) is 6.35. The standard InChI is InChI=1S/C29H43N5O4.2ClH/c1-37-21-26-5-2-11-34(26)28(35)17-22-8-12-33-20-23(22)4-3-15-38-27-7-6-25(32-13-9-30-10-14-32)16-24(27)18-31-19-29(33)36;;/h3-4,6-7,16,22-23,26,30-31H,2,5,8-15,17-21H2,1H3;2*1H/t22-,23-,26+;;/m0../s1. The number of likely N-dealkylation sites (tertiary alicyclic amines) is 1. The molecule has 2 N–H and O–H groups in total. The second-order valence-corrected chi connectivity index (χ2v) is 11.0. The van der Waals surface area contributed by atoms with Crippen molar-refractivity contribution in [3.63, 3.8) is 0 Å². The topological polar surface area (TPSA) is 86.4 Å². The van der Waals surface area contributed by atoms with E-state index in [1.54, 1.807) is 7.11 Å². The molecule has 1 aromatic rings. The van der Waals surface area contributed by atoms with E-state index < -0.39 is 0 Å². The van der Waals surface area contributed by atoms with Crippen LogP contribution in [0.1, 0.15) is 31.2 Å². The van der Waals surface area contributed by atoms with Crippen LogP contribution in [-0.4, -0.2) is 100 Å². The van der Waals surface area contributed by atoms with Crippen LogP contribution in [0.3, 0.4) is 0 Å². The Kier molecular flexibility index (Phi) is 12.8. The summed E-state index contributed by atoms with van der Waals surface area (Å²) in [5, 5.41) is 6.77. The zero-order valence-corrected chi connectivity index (χ0v) is 25.1. The summed E-state index contributed by atoms with van der Waals surface area (Å²) in [5.74, 6) is 1.55. The van der Waals surface area contributed by atoms with Gasteiger partial charge in [0.1, 0.15) is 12.4 Å². The van der Waals surface area contributed by atoms with Crippen molar-refractivity contribution in [3.05, 3.63) is 35.9 Å². The number of nitrogens with one attached hydrogen (secondary N) is 2. The molecule has 2 bridgehead atoms. The summed E-state index contributed by atoms with van der Waals surface area (Å²) in [4.78, 5) is 32.7. The maximum Gasteiger partial charge on any atom is 0.236 e. The molecule has 0 saturated carbocycles. The van der Waals surface area contributed by atoms with Gasteiger partial charge in [0.05, 0.1) is 19.2 Å². The summed E-state index contributed by atoms with van der Waals surface area (Å²) >= 11 is 0. The van der Waals surface area contributed by atoms with Crippen LogP contribution in [0.5, 0.6) is 5.75 Å². The van der Waals surface area contributed by atoms with Gasteiger partial charge in [-0.2, -0.15) is 0 Å². The monoisotopic (exact) mass is 597 g/mol. The number of carbonyl (C=O) groups is 2. The van der Waals surface area contributed by atoms with E-state index in [4.69, 9.17) is 9.47 Å². The maximum atomic E-state index is 13.3. The lowest BCUT2D eigenvalue weighted by molar-refractivity contribution is -0.135. The third kappa shape index (κ3) is 8.03. The van der Waals surface area contributed by atoms with E-state index in [-0.39, 0.29) is 54.5 Å². The third-order valence-corrected chi connectivity index (χ3v) is 8.49. The van der Waals surface area contributed by atoms with Crippen molar-refractivity contribution in [2.45, 2.75) is 38.3 Å². The molecule has 3 fully saturated rings. The largest absolute Gasteiger partial charge is 0.489 e. The van der Waals surface area contributed by atoms with Crippen molar-refractivity contribution in [2.75, 3.05) is 77.6 Å². The highest BCUT2D eigenvalue weighted by Gasteiger charge is 2.35. The van der Waals surface area contributed by atoms with Crippen molar-refractivity contribution in [1.29, 1.82) is 0 Å².